The zero-order valence-electron chi connectivity index (χ0n) is 11.4. The molecule has 2 rings (SSSR count). The number of carbonyl (C=O) groups excluding carboxylic acids is 1. The molecule has 0 bridgehead atoms. The van der Waals surface area contributed by atoms with Crippen LogP contribution in [0, 0.1) is 0 Å². The Hall–Kier alpha value is -2.49. The summed E-state index contributed by atoms with van der Waals surface area (Å²) in [6.45, 7) is 2.05. The molecule has 2 aromatic rings. The average Bonchev–Trinajstić information content (AvgIpc) is 2.45. The minimum Gasteiger partial charge on any atom is -0.484 e. The zero-order valence-corrected chi connectivity index (χ0v) is 11.4. The largest absolute Gasteiger partial charge is 0.484 e. The summed E-state index contributed by atoms with van der Waals surface area (Å²) >= 11 is 0. The number of benzene rings is 2. The van der Waals surface area contributed by atoms with Crippen molar-refractivity contribution in [2.75, 3.05) is 17.7 Å². The monoisotopic (exact) mass is 270 g/mol. The topological polar surface area (TPSA) is 64.3 Å². The molecule has 0 aliphatic carbocycles. The van der Waals surface area contributed by atoms with Crippen molar-refractivity contribution < 1.29 is 9.53 Å². The van der Waals surface area contributed by atoms with Gasteiger partial charge in [0.15, 0.2) is 6.61 Å². The van der Waals surface area contributed by atoms with E-state index in [2.05, 4.69) is 12.2 Å². The minimum absolute atomic E-state index is 0.0258. The number of carbonyl (C=O) groups is 1. The summed E-state index contributed by atoms with van der Waals surface area (Å²) in [6.07, 6.45) is 0.937. The van der Waals surface area contributed by atoms with Gasteiger partial charge in [0, 0.05) is 11.4 Å². The molecule has 104 valence electrons. The summed E-state index contributed by atoms with van der Waals surface area (Å²) in [4.78, 5) is 11.8. The van der Waals surface area contributed by atoms with E-state index in [1.54, 1.807) is 24.3 Å². The SMILES string of the molecule is CCc1cccc(OCC(=O)Nc2cccc(N)c2)c1. The maximum atomic E-state index is 11.8. The van der Waals surface area contributed by atoms with E-state index >= 15 is 0 Å². The van der Waals surface area contributed by atoms with E-state index in [0.717, 1.165) is 6.42 Å². The van der Waals surface area contributed by atoms with E-state index < -0.39 is 0 Å². The number of aryl methyl sites for hydroxylation is 1. The van der Waals surface area contributed by atoms with Crippen molar-refractivity contribution >= 4 is 17.3 Å². The Morgan fingerprint density at radius 2 is 2.00 bits per heavy atom. The molecule has 0 aliphatic rings. The molecule has 3 N–H and O–H groups in total. The lowest BCUT2D eigenvalue weighted by Gasteiger charge is -2.08. The van der Waals surface area contributed by atoms with Crippen molar-refractivity contribution in [1.29, 1.82) is 0 Å². The van der Waals surface area contributed by atoms with Crippen LogP contribution in [0.5, 0.6) is 5.75 Å². The minimum atomic E-state index is -0.211. The highest BCUT2D eigenvalue weighted by Crippen LogP contribution is 2.14. The Labute approximate surface area is 118 Å². The fraction of sp³-hybridized carbons (Fsp3) is 0.188. The van der Waals surface area contributed by atoms with Gasteiger partial charge in [0.2, 0.25) is 0 Å². The summed E-state index contributed by atoms with van der Waals surface area (Å²) in [5, 5.41) is 2.74. The lowest BCUT2D eigenvalue weighted by atomic mass is 10.2. The number of nitrogen functional groups attached to an aromatic ring is 1. The highest BCUT2D eigenvalue weighted by atomic mass is 16.5. The van der Waals surface area contributed by atoms with Crippen LogP contribution < -0.4 is 15.8 Å². The number of hydrogen-bond donors (Lipinski definition) is 2. The molecule has 4 heteroatoms. The first-order valence-electron chi connectivity index (χ1n) is 6.54. The zero-order chi connectivity index (χ0) is 14.4. The summed E-state index contributed by atoms with van der Waals surface area (Å²) < 4.78 is 5.47. The summed E-state index contributed by atoms with van der Waals surface area (Å²) in [5.41, 5.74) is 8.11. The van der Waals surface area contributed by atoms with Gasteiger partial charge in [-0.1, -0.05) is 25.1 Å². The van der Waals surface area contributed by atoms with Gasteiger partial charge in [-0.25, -0.2) is 0 Å². The highest BCUT2D eigenvalue weighted by Gasteiger charge is 2.04. The van der Waals surface area contributed by atoms with Crippen LogP contribution >= 0.6 is 0 Å². The van der Waals surface area contributed by atoms with Gasteiger partial charge in [-0.3, -0.25) is 4.79 Å². The lowest BCUT2D eigenvalue weighted by Crippen LogP contribution is -2.20. The number of rotatable bonds is 5. The Morgan fingerprint density at radius 3 is 2.75 bits per heavy atom. The first-order chi connectivity index (χ1) is 9.67. The smallest absolute Gasteiger partial charge is 0.262 e. The second kappa shape index (κ2) is 6.61. The number of amides is 1. The molecule has 0 saturated heterocycles. The maximum Gasteiger partial charge on any atom is 0.262 e. The van der Waals surface area contributed by atoms with Gasteiger partial charge in [-0.2, -0.15) is 0 Å². The molecule has 0 spiro atoms. The third-order valence-electron chi connectivity index (χ3n) is 2.85. The van der Waals surface area contributed by atoms with Crippen molar-refractivity contribution in [3.63, 3.8) is 0 Å². The summed E-state index contributed by atoms with van der Waals surface area (Å²) in [6, 6.07) is 14.8. The average molecular weight is 270 g/mol. The van der Waals surface area contributed by atoms with Gasteiger partial charge in [0.25, 0.3) is 5.91 Å². The van der Waals surface area contributed by atoms with Gasteiger partial charge in [-0.05, 0) is 42.3 Å². The summed E-state index contributed by atoms with van der Waals surface area (Å²) in [5.74, 6) is 0.490. The Balaban J connectivity index is 1.88. The van der Waals surface area contributed by atoms with Crippen LogP contribution in [0.25, 0.3) is 0 Å². The van der Waals surface area contributed by atoms with Crippen LogP contribution in [0.3, 0.4) is 0 Å². The van der Waals surface area contributed by atoms with E-state index in [-0.39, 0.29) is 12.5 Å². The maximum absolute atomic E-state index is 11.8. The molecule has 0 fully saturated rings. The second-order valence-corrected chi connectivity index (χ2v) is 4.46. The van der Waals surface area contributed by atoms with Crippen LogP contribution in [-0.2, 0) is 11.2 Å². The molecule has 0 aromatic heterocycles. The van der Waals surface area contributed by atoms with Crippen molar-refractivity contribution in [3.8, 4) is 5.75 Å². The Morgan fingerprint density at radius 1 is 1.20 bits per heavy atom. The quantitative estimate of drug-likeness (QED) is 0.821. The molecule has 0 unspecified atom stereocenters. The van der Waals surface area contributed by atoms with Crippen LogP contribution in [0.4, 0.5) is 11.4 Å². The molecule has 0 saturated carbocycles. The number of hydrogen-bond acceptors (Lipinski definition) is 3. The molecule has 2 aromatic carbocycles. The highest BCUT2D eigenvalue weighted by molar-refractivity contribution is 5.92. The molecule has 1 amide bonds. The van der Waals surface area contributed by atoms with Crippen LogP contribution in [0.15, 0.2) is 48.5 Å². The molecule has 0 atom stereocenters. The van der Waals surface area contributed by atoms with Gasteiger partial charge >= 0.3 is 0 Å². The first kappa shape index (κ1) is 13.9. The third kappa shape index (κ3) is 4.02. The molecule has 0 aliphatic heterocycles. The molecule has 0 heterocycles. The molecular weight excluding hydrogens is 252 g/mol. The van der Waals surface area contributed by atoms with E-state index in [1.165, 1.54) is 5.56 Å². The number of nitrogens with two attached hydrogens (primary N) is 1. The van der Waals surface area contributed by atoms with Crippen LogP contribution in [0.2, 0.25) is 0 Å². The van der Waals surface area contributed by atoms with Crippen LogP contribution in [-0.4, -0.2) is 12.5 Å². The van der Waals surface area contributed by atoms with Crippen molar-refractivity contribution in [2.24, 2.45) is 0 Å². The van der Waals surface area contributed by atoms with E-state index in [4.69, 9.17) is 10.5 Å². The number of ether oxygens (including phenoxy) is 1. The number of anilines is 2. The fourth-order valence-electron chi connectivity index (χ4n) is 1.82. The lowest BCUT2D eigenvalue weighted by molar-refractivity contribution is -0.118. The fourth-order valence-corrected chi connectivity index (χ4v) is 1.82. The van der Waals surface area contributed by atoms with Gasteiger partial charge in [0.1, 0.15) is 5.75 Å². The van der Waals surface area contributed by atoms with Gasteiger partial charge < -0.3 is 15.8 Å². The van der Waals surface area contributed by atoms with Gasteiger partial charge in [0.05, 0.1) is 0 Å². The van der Waals surface area contributed by atoms with Gasteiger partial charge in [-0.15, -0.1) is 0 Å². The standard InChI is InChI=1S/C16H18N2O2/c1-2-12-5-3-8-15(9-12)20-11-16(19)18-14-7-4-6-13(17)10-14/h3-10H,2,11,17H2,1H3,(H,18,19). The van der Waals surface area contributed by atoms with Crippen LogP contribution in [0.1, 0.15) is 12.5 Å². The van der Waals surface area contributed by atoms with Crippen molar-refractivity contribution in [1.82, 2.24) is 0 Å². The molecule has 20 heavy (non-hydrogen) atoms. The normalized spacial score (nSPS) is 10.1. The number of nitrogens with one attached hydrogen (secondary N) is 1. The Kier molecular flexibility index (Phi) is 4.60. The molecule has 0 radical (unpaired) electrons. The predicted octanol–water partition coefficient (Wildman–Crippen LogP) is 2.85. The third-order valence-corrected chi connectivity index (χ3v) is 2.85. The van der Waals surface area contributed by atoms with Crippen molar-refractivity contribution in [2.45, 2.75) is 13.3 Å². The van der Waals surface area contributed by atoms with E-state index in [0.29, 0.717) is 17.1 Å². The molecule has 4 nitrogen and oxygen atoms in total. The van der Waals surface area contributed by atoms with E-state index in [9.17, 15) is 4.79 Å². The first-order valence-corrected chi connectivity index (χ1v) is 6.54. The van der Waals surface area contributed by atoms with Crippen molar-refractivity contribution in [3.05, 3.63) is 54.1 Å². The molecular formula is C16H18N2O2. The van der Waals surface area contributed by atoms with E-state index in [1.807, 2.05) is 24.3 Å². The second-order valence-electron chi connectivity index (χ2n) is 4.46. The summed E-state index contributed by atoms with van der Waals surface area (Å²) in [7, 11) is 0. The predicted molar refractivity (Wildman–Crippen MR) is 80.8 cm³/mol. The Bertz CT molecular complexity index is 597.